The van der Waals surface area contributed by atoms with Gasteiger partial charge < -0.3 is 9.88 Å². The van der Waals surface area contributed by atoms with Crippen LogP contribution in [-0.4, -0.2) is 20.7 Å². The third-order valence-corrected chi connectivity index (χ3v) is 3.17. The van der Waals surface area contributed by atoms with Gasteiger partial charge in [-0.2, -0.15) is 5.10 Å². The first-order valence-electron chi connectivity index (χ1n) is 5.42. The predicted octanol–water partition coefficient (Wildman–Crippen LogP) is 2.56. The number of halogens is 1. The quantitative estimate of drug-likeness (QED) is 0.914. The molecule has 6 heteroatoms. The number of rotatable bonds is 3. The van der Waals surface area contributed by atoms with Gasteiger partial charge >= 0.3 is 0 Å². The summed E-state index contributed by atoms with van der Waals surface area (Å²) in [6.07, 6.45) is 5.85. The van der Waals surface area contributed by atoms with Crippen LogP contribution < -0.4 is 5.32 Å². The third kappa shape index (κ3) is 2.12. The van der Waals surface area contributed by atoms with Crippen LogP contribution in [0.15, 0.2) is 29.0 Å². The Morgan fingerprint density at radius 1 is 1.59 bits per heavy atom. The Balaban J connectivity index is 1.85. The van der Waals surface area contributed by atoms with E-state index in [0.717, 1.165) is 17.3 Å². The minimum absolute atomic E-state index is 0.119. The molecule has 3 rings (SSSR count). The number of nitrogens with zero attached hydrogens (tertiary/aromatic N) is 2. The van der Waals surface area contributed by atoms with Crippen molar-refractivity contribution in [2.45, 2.75) is 18.9 Å². The zero-order valence-corrected chi connectivity index (χ0v) is 10.6. The highest BCUT2D eigenvalue weighted by atomic mass is 79.9. The number of nitrogens with one attached hydrogen (secondary N) is 2. The summed E-state index contributed by atoms with van der Waals surface area (Å²) in [5, 5.41) is 9.27. The van der Waals surface area contributed by atoms with E-state index >= 15 is 0 Å². The summed E-state index contributed by atoms with van der Waals surface area (Å²) in [6, 6.07) is 4.03. The second-order valence-electron chi connectivity index (χ2n) is 4.11. The Morgan fingerprint density at radius 2 is 2.41 bits per heavy atom. The van der Waals surface area contributed by atoms with E-state index in [9.17, 15) is 4.79 Å². The van der Waals surface area contributed by atoms with Crippen molar-refractivity contribution in [3.05, 3.63) is 34.7 Å². The maximum Gasteiger partial charge on any atom is 0.273 e. The molecule has 17 heavy (non-hydrogen) atoms. The molecule has 5 nitrogen and oxygen atoms in total. The number of hydrogen-bond acceptors (Lipinski definition) is 2. The largest absolute Gasteiger partial charge is 0.339 e. The molecule has 1 fully saturated rings. The van der Waals surface area contributed by atoms with E-state index in [4.69, 9.17) is 0 Å². The number of H-pyrrole nitrogens is 1. The molecule has 0 saturated heterocycles. The van der Waals surface area contributed by atoms with Crippen LogP contribution in [0.25, 0.3) is 0 Å². The lowest BCUT2D eigenvalue weighted by atomic mass is 10.4. The van der Waals surface area contributed by atoms with Gasteiger partial charge in [-0.25, -0.2) is 0 Å². The highest BCUT2D eigenvalue weighted by molar-refractivity contribution is 9.10. The third-order valence-electron chi connectivity index (χ3n) is 2.74. The van der Waals surface area contributed by atoms with Gasteiger partial charge in [0.25, 0.3) is 5.91 Å². The summed E-state index contributed by atoms with van der Waals surface area (Å²) in [6.45, 7) is 0. The van der Waals surface area contributed by atoms with Crippen molar-refractivity contribution >= 4 is 27.7 Å². The molecule has 1 aliphatic rings. The molecule has 1 saturated carbocycles. The minimum Gasteiger partial charge on any atom is -0.339 e. The molecule has 0 aliphatic heterocycles. The van der Waals surface area contributed by atoms with Crippen molar-refractivity contribution in [1.29, 1.82) is 0 Å². The number of aromatic amines is 1. The van der Waals surface area contributed by atoms with Crippen molar-refractivity contribution in [1.82, 2.24) is 14.8 Å². The van der Waals surface area contributed by atoms with Crippen molar-refractivity contribution < 1.29 is 4.79 Å². The van der Waals surface area contributed by atoms with Crippen LogP contribution in [0.1, 0.15) is 29.4 Å². The van der Waals surface area contributed by atoms with Crippen LogP contribution in [0.2, 0.25) is 0 Å². The van der Waals surface area contributed by atoms with E-state index < -0.39 is 0 Å². The standard InChI is InChI=1S/C11H11BrN4O/c12-7-5-9(16(6-7)8-1-2-8)11(17)14-10-3-4-13-15-10/h3-6,8H,1-2H2,(H2,13,14,15,17). The summed E-state index contributed by atoms with van der Waals surface area (Å²) < 4.78 is 2.95. The molecule has 0 spiro atoms. The number of carbonyl (C=O) groups excluding carboxylic acids is 1. The monoisotopic (exact) mass is 294 g/mol. The highest BCUT2D eigenvalue weighted by Crippen LogP contribution is 2.37. The van der Waals surface area contributed by atoms with E-state index in [1.165, 1.54) is 0 Å². The van der Waals surface area contributed by atoms with Gasteiger partial charge in [0.1, 0.15) is 11.5 Å². The van der Waals surface area contributed by atoms with Crippen LogP contribution in [0, 0.1) is 0 Å². The van der Waals surface area contributed by atoms with Gasteiger partial charge in [0, 0.05) is 22.8 Å². The maximum absolute atomic E-state index is 12.1. The molecule has 2 heterocycles. The SMILES string of the molecule is O=C(Nc1ccn[nH]1)c1cc(Br)cn1C1CC1. The highest BCUT2D eigenvalue weighted by Gasteiger charge is 2.27. The molecule has 1 aliphatic carbocycles. The van der Waals surface area contributed by atoms with Crippen molar-refractivity contribution in [2.24, 2.45) is 0 Å². The summed E-state index contributed by atoms with van der Waals surface area (Å²) in [5.41, 5.74) is 0.675. The van der Waals surface area contributed by atoms with Crippen molar-refractivity contribution in [3.8, 4) is 0 Å². The Kier molecular flexibility index (Phi) is 2.51. The lowest BCUT2D eigenvalue weighted by molar-refractivity contribution is 0.101. The predicted molar refractivity (Wildman–Crippen MR) is 66.9 cm³/mol. The van der Waals surface area contributed by atoms with Gasteiger partial charge in [0.15, 0.2) is 0 Å². The molecule has 0 aromatic carbocycles. The van der Waals surface area contributed by atoms with E-state index in [1.807, 2.05) is 16.8 Å². The summed E-state index contributed by atoms with van der Waals surface area (Å²) in [4.78, 5) is 12.1. The maximum atomic E-state index is 12.1. The summed E-state index contributed by atoms with van der Waals surface area (Å²) in [7, 11) is 0. The molecule has 1 amide bonds. The van der Waals surface area contributed by atoms with Gasteiger partial charge in [-0.1, -0.05) is 0 Å². The first kappa shape index (κ1) is 10.6. The van der Waals surface area contributed by atoms with Gasteiger partial charge in [-0.15, -0.1) is 0 Å². The van der Waals surface area contributed by atoms with Gasteiger partial charge in [-0.3, -0.25) is 9.89 Å². The molecule has 88 valence electrons. The molecule has 0 atom stereocenters. The molecular formula is C11H11BrN4O. The van der Waals surface area contributed by atoms with Crippen LogP contribution in [0.4, 0.5) is 5.82 Å². The van der Waals surface area contributed by atoms with Crippen molar-refractivity contribution in [2.75, 3.05) is 5.32 Å². The summed E-state index contributed by atoms with van der Waals surface area (Å²) in [5.74, 6) is 0.488. The second kappa shape index (κ2) is 4.03. The molecule has 0 radical (unpaired) electrons. The molecule has 2 aromatic rings. The average Bonchev–Trinajstić information content (AvgIpc) is 2.88. The zero-order valence-electron chi connectivity index (χ0n) is 8.98. The fourth-order valence-corrected chi connectivity index (χ4v) is 2.23. The Hall–Kier alpha value is -1.56. The van der Waals surface area contributed by atoms with Crippen LogP contribution in [0.3, 0.4) is 0 Å². The Labute approximate surface area is 106 Å². The summed E-state index contributed by atoms with van der Waals surface area (Å²) >= 11 is 3.40. The number of aromatic nitrogens is 3. The number of carbonyl (C=O) groups is 1. The zero-order chi connectivity index (χ0) is 11.8. The van der Waals surface area contributed by atoms with Gasteiger partial charge in [0.05, 0.1) is 6.20 Å². The molecule has 2 aromatic heterocycles. The van der Waals surface area contributed by atoms with E-state index in [0.29, 0.717) is 17.6 Å². The lowest BCUT2D eigenvalue weighted by Crippen LogP contribution is -2.16. The number of hydrogen-bond donors (Lipinski definition) is 2. The van der Waals surface area contributed by atoms with E-state index in [-0.39, 0.29) is 5.91 Å². The topological polar surface area (TPSA) is 62.7 Å². The fraction of sp³-hybridized carbons (Fsp3) is 0.273. The van der Waals surface area contributed by atoms with Crippen molar-refractivity contribution in [3.63, 3.8) is 0 Å². The fourth-order valence-electron chi connectivity index (χ4n) is 1.79. The first-order valence-corrected chi connectivity index (χ1v) is 6.21. The van der Waals surface area contributed by atoms with Crippen LogP contribution >= 0.6 is 15.9 Å². The molecular weight excluding hydrogens is 284 g/mol. The van der Waals surface area contributed by atoms with Gasteiger partial charge in [-0.05, 0) is 34.8 Å². The van der Waals surface area contributed by atoms with Gasteiger partial charge in [0.2, 0.25) is 0 Å². The molecule has 0 unspecified atom stereocenters. The molecule has 0 bridgehead atoms. The molecule has 2 N–H and O–H groups in total. The minimum atomic E-state index is -0.119. The van der Waals surface area contributed by atoms with Crippen LogP contribution in [-0.2, 0) is 0 Å². The average molecular weight is 295 g/mol. The smallest absolute Gasteiger partial charge is 0.273 e. The number of amides is 1. The van der Waals surface area contributed by atoms with Crippen LogP contribution in [0.5, 0.6) is 0 Å². The Morgan fingerprint density at radius 3 is 3.06 bits per heavy atom. The van der Waals surface area contributed by atoms with E-state index in [2.05, 4.69) is 31.4 Å². The van der Waals surface area contributed by atoms with E-state index in [1.54, 1.807) is 12.3 Å². The second-order valence-corrected chi connectivity index (χ2v) is 5.02. The first-order chi connectivity index (χ1) is 8.24. The lowest BCUT2D eigenvalue weighted by Gasteiger charge is -2.06. The number of anilines is 1. The Bertz CT molecular complexity index is 542. The normalized spacial score (nSPS) is 14.9.